The van der Waals surface area contributed by atoms with Gasteiger partial charge in [-0.05, 0) is 12.1 Å². The second kappa shape index (κ2) is 7.79. The first kappa shape index (κ1) is 15.5. The number of methoxy groups -OCH3 is 1. The van der Waals surface area contributed by atoms with Crippen LogP contribution in [0, 0.1) is 11.3 Å². The third-order valence-electron chi connectivity index (χ3n) is 2.66. The van der Waals surface area contributed by atoms with E-state index in [1.165, 1.54) is 7.11 Å². The van der Waals surface area contributed by atoms with E-state index in [-0.39, 0.29) is 18.9 Å². The fourth-order valence-corrected chi connectivity index (χ4v) is 1.70. The molecular formula is C14H17N3O3. The van der Waals surface area contributed by atoms with Gasteiger partial charge < -0.3 is 15.0 Å². The number of benzene rings is 1. The van der Waals surface area contributed by atoms with E-state index >= 15 is 0 Å². The lowest BCUT2D eigenvalue weighted by Gasteiger charge is -2.20. The van der Waals surface area contributed by atoms with Crippen molar-refractivity contribution in [3.63, 3.8) is 0 Å². The number of esters is 1. The molecule has 6 heteroatoms. The molecule has 0 saturated heterocycles. The molecule has 0 spiro atoms. The van der Waals surface area contributed by atoms with Crippen LogP contribution in [0.5, 0.6) is 0 Å². The lowest BCUT2D eigenvalue weighted by molar-refractivity contribution is -0.119. The molecule has 0 atom stereocenters. The molecule has 0 aromatic heterocycles. The average molecular weight is 275 g/mol. The lowest BCUT2D eigenvalue weighted by Crippen LogP contribution is -2.36. The average Bonchev–Trinajstić information content (AvgIpc) is 2.46. The summed E-state index contributed by atoms with van der Waals surface area (Å²) in [5.74, 6) is -0.653. The van der Waals surface area contributed by atoms with Gasteiger partial charge in [-0.25, -0.2) is 4.79 Å². The van der Waals surface area contributed by atoms with E-state index in [4.69, 9.17) is 10.00 Å². The molecule has 0 radical (unpaired) electrons. The van der Waals surface area contributed by atoms with Crippen LogP contribution in [0.25, 0.3) is 0 Å². The van der Waals surface area contributed by atoms with Crippen molar-refractivity contribution in [2.24, 2.45) is 0 Å². The molecule has 0 aliphatic heterocycles. The molecular weight excluding hydrogens is 258 g/mol. The minimum Gasteiger partial charge on any atom is -0.465 e. The van der Waals surface area contributed by atoms with Crippen molar-refractivity contribution in [3.8, 4) is 6.07 Å². The van der Waals surface area contributed by atoms with Gasteiger partial charge in [0, 0.05) is 13.6 Å². The van der Waals surface area contributed by atoms with Crippen molar-refractivity contribution in [3.05, 3.63) is 29.8 Å². The zero-order valence-corrected chi connectivity index (χ0v) is 11.5. The van der Waals surface area contributed by atoms with Crippen molar-refractivity contribution in [2.75, 3.05) is 32.1 Å². The minimum atomic E-state index is -0.447. The predicted octanol–water partition coefficient (Wildman–Crippen LogP) is 0.939. The summed E-state index contributed by atoms with van der Waals surface area (Å²) in [5.41, 5.74) is 1.03. The molecule has 6 nitrogen and oxygen atoms in total. The Hall–Kier alpha value is -2.55. The number of nitrogens with one attached hydrogen (secondary N) is 1. The zero-order valence-electron chi connectivity index (χ0n) is 11.5. The highest BCUT2D eigenvalue weighted by atomic mass is 16.5. The Kier molecular flexibility index (Phi) is 6.04. The fourth-order valence-electron chi connectivity index (χ4n) is 1.70. The van der Waals surface area contributed by atoms with Gasteiger partial charge in [0.1, 0.15) is 0 Å². The van der Waals surface area contributed by atoms with Gasteiger partial charge >= 0.3 is 5.97 Å². The molecule has 0 aliphatic rings. The van der Waals surface area contributed by atoms with Crippen LogP contribution in [-0.4, -0.2) is 39.1 Å². The van der Waals surface area contributed by atoms with Crippen LogP contribution in [0.1, 0.15) is 16.8 Å². The standard InChI is InChI=1S/C14H17N3O3/c1-17(10-13(18)16-9-5-8-15)12-7-4-3-6-11(12)14(19)20-2/h3-4,6-7H,5,9-10H2,1-2H3,(H,16,18). The Bertz CT molecular complexity index is 523. The molecule has 1 rings (SSSR count). The van der Waals surface area contributed by atoms with Gasteiger partial charge in [0.25, 0.3) is 0 Å². The number of ether oxygens (including phenoxy) is 1. The topological polar surface area (TPSA) is 82.4 Å². The smallest absolute Gasteiger partial charge is 0.339 e. The Morgan fingerprint density at radius 1 is 1.40 bits per heavy atom. The van der Waals surface area contributed by atoms with Crippen molar-refractivity contribution in [1.82, 2.24) is 5.32 Å². The summed E-state index contributed by atoms with van der Waals surface area (Å²) in [6.07, 6.45) is 0.272. The molecule has 0 fully saturated rings. The Balaban J connectivity index is 2.73. The van der Waals surface area contributed by atoms with Crippen LogP contribution < -0.4 is 10.2 Å². The fraction of sp³-hybridized carbons (Fsp3) is 0.357. The van der Waals surface area contributed by atoms with Crippen molar-refractivity contribution >= 4 is 17.6 Å². The first-order valence-electron chi connectivity index (χ1n) is 6.12. The molecule has 20 heavy (non-hydrogen) atoms. The van der Waals surface area contributed by atoms with Crippen LogP contribution in [0.2, 0.25) is 0 Å². The molecule has 0 unspecified atom stereocenters. The third-order valence-corrected chi connectivity index (χ3v) is 2.66. The predicted molar refractivity (Wildman–Crippen MR) is 74.3 cm³/mol. The van der Waals surface area contributed by atoms with Crippen LogP contribution in [0.3, 0.4) is 0 Å². The zero-order chi connectivity index (χ0) is 15.0. The summed E-state index contributed by atoms with van der Waals surface area (Å²) < 4.78 is 4.71. The van der Waals surface area contributed by atoms with Crippen molar-refractivity contribution < 1.29 is 14.3 Å². The highest BCUT2D eigenvalue weighted by molar-refractivity contribution is 5.96. The number of likely N-dealkylation sites (N-methyl/N-ethyl adjacent to an activating group) is 1. The van der Waals surface area contributed by atoms with Crippen LogP contribution in [0.4, 0.5) is 5.69 Å². The first-order chi connectivity index (χ1) is 9.60. The van der Waals surface area contributed by atoms with Crippen molar-refractivity contribution in [2.45, 2.75) is 6.42 Å². The number of hydrogen-bond donors (Lipinski definition) is 1. The summed E-state index contributed by atoms with van der Waals surface area (Å²) >= 11 is 0. The molecule has 1 aromatic rings. The van der Waals surface area contributed by atoms with E-state index in [0.717, 1.165) is 0 Å². The van der Waals surface area contributed by atoms with Crippen LogP contribution in [0.15, 0.2) is 24.3 Å². The summed E-state index contributed by atoms with van der Waals surface area (Å²) in [5, 5.41) is 11.0. The molecule has 0 saturated carbocycles. The van der Waals surface area contributed by atoms with Crippen molar-refractivity contribution in [1.29, 1.82) is 5.26 Å². The second-order valence-corrected chi connectivity index (χ2v) is 4.12. The van der Waals surface area contributed by atoms with Gasteiger partial charge in [-0.3, -0.25) is 4.79 Å². The molecule has 0 heterocycles. The molecule has 106 valence electrons. The highest BCUT2D eigenvalue weighted by Crippen LogP contribution is 2.19. The SMILES string of the molecule is COC(=O)c1ccccc1N(C)CC(=O)NCCC#N. The maximum absolute atomic E-state index is 11.7. The maximum atomic E-state index is 11.7. The van der Waals surface area contributed by atoms with E-state index in [1.54, 1.807) is 36.2 Å². The minimum absolute atomic E-state index is 0.0967. The number of nitriles is 1. The Morgan fingerprint density at radius 2 is 2.10 bits per heavy atom. The van der Waals surface area contributed by atoms with E-state index in [9.17, 15) is 9.59 Å². The number of amides is 1. The van der Waals surface area contributed by atoms with E-state index in [1.807, 2.05) is 6.07 Å². The van der Waals surface area contributed by atoms with Gasteiger partial charge in [-0.2, -0.15) is 5.26 Å². The van der Waals surface area contributed by atoms with Gasteiger partial charge in [0.15, 0.2) is 0 Å². The number of carbonyl (C=O) groups is 2. The Morgan fingerprint density at radius 3 is 2.75 bits per heavy atom. The van der Waals surface area contributed by atoms with E-state index in [0.29, 0.717) is 17.8 Å². The second-order valence-electron chi connectivity index (χ2n) is 4.12. The lowest BCUT2D eigenvalue weighted by atomic mass is 10.1. The van der Waals surface area contributed by atoms with Crippen LogP contribution >= 0.6 is 0 Å². The number of para-hydroxylation sites is 1. The van der Waals surface area contributed by atoms with Gasteiger partial charge in [0.2, 0.25) is 5.91 Å². The largest absolute Gasteiger partial charge is 0.465 e. The number of anilines is 1. The monoisotopic (exact) mass is 275 g/mol. The third kappa shape index (κ3) is 4.28. The molecule has 1 amide bonds. The summed E-state index contributed by atoms with van der Waals surface area (Å²) in [6.45, 7) is 0.418. The molecule has 1 aromatic carbocycles. The molecule has 0 bridgehead atoms. The van der Waals surface area contributed by atoms with E-state index in [2.05, 4.69) is 5.32 Å². The first-order valence-corrected chi connectivity index (χ1v) is 6.12. The summed E-state index contributed by atoms with van der Waals surface area (Å²) in [6, 6.07) is 8.86. The van der Waals surface area contributed by atoms with Gasteiger partial charge in [-0.15, -0.1) is 0 Å². The quantitative estimate of drug-likeness (QED) is 0.617. The van der Waals surface area contributed by atoms with Gasteiger partial charge in [0.05, 0.1) is 37.4 Å². The number of hydrogen-bond acceptors (Lipinski definition) is 5. The summed E-state index contributed by atoms with van der Waals surface area (Å²) in [4.78, 5) is 25.0. The number of rotatable bonds is 6. The van der Waals surface area contributed by atoms with Gasteiger partial charge in [-0.1, -0.05) is 12.1 Å². The normalized spacial score (nSPS) is 9.45. The van der Waals surface area contributed by atoms with E-state index < -0.39 is 5.97 Å². The molecule has 0 aliphatic carbocycles. The highest BCUT2D eigenvalue weighted by Gasteiger charge is 2.15. The molecule has 1 N–H and O–H groups in total. The number of nitrogens with zero attached hydrogens (tertiary/aromatic N) is 2. The number of carbonyl (C=O) groups excluding carboxylic acids is 2. The maximum Gasteiger partial charge on any atom is 0.339 e. The Labute approximate surface area is 117 Å². The van der Waals surface area contributed by atoms with Crippen LogP contribution in [-0.2, 0) is 9.53 Å². The summed E-state index contributed by atoms with van der Waals surface area (Å²) in [7, 11) is 3.03.